The second-order valence-electron chi connectivity index (χ2n) is 4.87. The minimum atomic E-state index is 0.802. The maximum Gasteiger partial charge on any atom is 0.123 e. The van der Waals surface area contributed by atoms with Gasteiger partial charge in [0, 0.05) is 28.8 Å². The molecule has 0 aromatic heterocycles. The van der Waals surface area contributed by atoms with Crippen LogP contribution in [0.15, 0.2) is 46.9 Å². The minimum absolute atomic E-state index is 0.802. The summed E-state index contributed by atoms with van der Waals surface area (Å²) in [5, 5.41) is 0. The first-order valence-corrected chi connectivity index (χ1v) is 7.23. The fourth-order valence-electron chi connectivity index (χ4n) is 2.22. The largest absolute Gasteiger partial charge is 0.496 e. The summed E-state index contributed by atoms with van der Waals surface area (Å²) >= 11 is 3.50. The van der Waals surface area contributed by atoms with E-state index in [0.717, 1.165) is 34.6 Å². The Bertz CT molecular complexity index is 586. The monoisotopic (exact) mass is 334 g/mol. The van der Waals surface area contributed by atoms with E-state index >= 15 is 0 Å². The average Bonchev–Trinajstić information content (AvgIpc) is 2.38. The quantitative estimate of drug-likeness (QED) is 0.848. The molecule has 0 fully saturated rings. The molecule has 4 heteroatoms. The van der Waals surface area contributed by atoms with Gasteiger partial charge in [-0.05, 0) is 42.9 Å². The summed E-state index contributed by atoms with van der Waals surface area (Å²) in [6.45, 7) is 1.66. The molecule has 0 heterocycles. The van der Waals surface area contributed by atoms with Gasteiger partial charge in [0.2, 0.25) is 0 Å². The van der Waals surface area contributed by atoms with Crippen LogP contribution in [0.25, 0.3) is 0 Å². The number of benzene rings is 2. The maximum atomic E-state index is 5.81. The average molecular weight is 335 g/mol. The molecule has 2 aromatic rings. The number of nitrogens with two attached hydrogens (primary N) is 1. The van der Waals surface area contributed by atoms with Gasteiger partial charge in [-0.25, -0.2) is 0 Å². The van der Waals surface area contributed by atoms with Crippen LogP contribution < -0.4 is 10.5 Å². The van der Waals surface area contributed by atoms with Crippen molar-refractivity contribution in [3.8, 4) is 5.75 Å². The van der Waals surface area contributed by atoms with Crippen molar-refractivity contribution in [1.29, 1.82) is 0 Å². The zero-order chi connectivity index (χ0) is 14.5. The van der Waals surface area contributed by atoms with Crippen LogP contribution in [0.5, 0.6) is 5.75 Å². The zero-order valence-corrected chi connectivity index (χ0v) is 13.4. The molecule has 0 amide bonds. The highest BCUT2D eigenvalue weighted by molar-refractivity contribution is 9.10. The van der Waals surface area contributed by atoms with Crippen LogP contribution in [0.4, 0.5) is 5.69 Å². The van der Waals surface area contributed by atoms with Crippen LogP contribution in [-0.2, 0) is 13.1 Å². The van der Waals surface area contributed by atoms with Crippen molar-refractivity contribution in [2.24, 2.45) is 0 Å². The Labute approximate surface area is 128 Å². The van der Waals surface area contributed by atoms with Gasteiger partial charge in [-0.2, -0.15) is 0 Å². The van der Waals surface area contributed by atoms with E-state index in [-0.39, 0.29) is 0 Å². The van der Waals surface area contributed by atoms with Gasteiger partial charge in [0.15, 0.2) is 0 Å². The van der Waals surface area contributed by atoms with E-state index in [9.17, 15) is 0 Å². The molecule has 0 aliphatic carbocycles. The number of hydrogen-bond acceptors (Lipinski definition) is 3. The molecule has 0 radical (unpaired) electrons. The van der Waals surface area contributed by atoms with Gasteiger partial charge in [0.1, 0.15) is 5.75 Å². The SMILES string of the molecule is COc1ccc(Br)cc1CN(C)Cc1cccc(N)c1. The smallest absolute Gasteiger partial charge is 0.123 e. The summed E-state index contributed by atoms with van der Waals surface area (Å²) in [5.74, 6) is 0.910. The van der Waals surface area contributed by atoms with Crippen molar-refractivity contribution in [3.63, 3.8) is 0 Å². The standard InChI is InChI=1S/C16H19BrN2O/c1-19(10-12-4-3-5-15(18)8-12)11-13-9-14(17)6-7-16(13)20-2/h3-9H,10-11,18H2,1-2H3. The topological polar surface area (TPSA) is 38.5 Å². The number of rotatable bonds is 5. The summed E-state index contributed by atoms with van der Waals surface area (Å²) in [6, 6.07) is 14.0. The van der Waals surface area contributed by atoms with Crippen LogP contribution >= 0.6 is 15.9 Å². The fraction of sp³-hybridized carbons (Fsp3) is 0.250. The first-order chi connectivity index (χ1) is 9.58. The van der Waals surface area contributed by atoms with Gasteiger partial charge < -0.3 is 10.5 Å². The number of ether oxygens (including phenoxy) is 1. The molecule has 20 heavy (non-hydrogen) atoms. The summed E-state index contributed by atoms with van der Waals surface area (Å²) < 4.78 is 6.46. The van der Waals surface area contributed by atoms with E-state index in [1.807, 2.05) is 30.3 Å². The lowest BCUT2D eigenvalue weighted by Crippen LogP contribution is -2.17. The van der Waals surface area contributed by atoms with E-state index < -0.39 is 0 Å². The summed E-state index contributed by atoms with van der Waals surface area (Å²) in [4.78, 5) is 2.24. The Morgan fingerprint density at radius 2 is 1.95 bits per heavy atom. The van der Waals surface area contributed by atoms with Crippen molar-refractivity contribution in [2.75, 3.05) is 19.9 Å². The summed E-state index contributed by atoms with van der Waals surface area (Å²) in [6.07, 6.45) is 0. The lowest BCUT2D eigenvalue weighted by atomic mass is 10.1. The Balaban J connectivity index is 2.08. The van der Waals surface area contributed by atoms with Gasteiger partial charge in [-0.1, -0.05) is 28.1 Å². The van der Waals surface area contributed by atoms with Crippen LogP contribution in [0.1, 0.15) is 11.1 Å². The van der Waals surface area contributed by atoms with E-state index in [1.165, 1.54) is 5.56 Å². The second-order valence-corrected chi connectivity index (χ2v) is 5.79. The van der Waals surface area contributed by atoms with Gasteiger partial charge in [0.25, 0.3) is 0 Å². The highest BCUT2D eigenvalue weighted by Crippen LogP contribution is 2.24. The predicted molar refractivity (Wildman–Crippen MR) is 86.7 cm³/mol. The van der Waals surface area contributed by atoms with Crippen LogP contribution in [0.3, 0.4) is 0 Å². The van der Waals surface area contributed by atoms with E-state index in [1.54, 1.807) is 7.11 Å². The minimum Gasteiger partial charge on any atom is -0.496 e. The highest BCUT2D eigenvalue weighted by atomic mass is 79.9. The molecule has 0 saturated heterocycles. The first kappa shape index (κ1) is 14.9. The molecular formula is C16H19BrN2O. The zero-order valence-electron chi connectivity index (χ0n) is 11.8. The molecule has 2 aromatic carbocycles. The van der Waals surface area contributed by atoms with E-state index in [4.69, 9.17) is 10.5 Å². The van der Waals surface area contributed by atoms with Crippen molar-refractivity contribution in [1.82, 2.24) is 4.90 Å². The molecule has 2 rings (SSSR count). The molecular weight excluding hydrogens is 316 g/mol. The summed E-state index contributed by atoms with van der Waals surface area (Å²) in [5.41, 5.74) is 8.98. The first-order valence-electron chi connectivity index (χ1n) is 6.44. The lowest BCUT2D eigenvalue weighted by molar-refractivity contribution is 0.310. The lowest BCUT2D eigenvalue weighted by Gasteiger charge is -2.19. The Kier molecular flexibility index (Phi) is 5.04. The molecule has 106 valence electrons. The van der Waals surface area contributed by atoms with Crippen molar-refractivity contribution < 1.29 is 4.74 Å². The third kappa shape index (κ3) is 3.99. The molecule has 3 nitrogen and oxygen atoms in total. The maximum absolute atomic E-state index is 5.81. The van der Waals surface area contributed by atoms with Gasteiger partial charge in [0.05, 0.1) is 7.11 Å². The van der Waals surface area contributed by atoms with Crippen molar-refractivity contribution in [3.05, 3.63) is 58.1 Å². The highest BCUT2D eigenvalue weighted by Gasteiger charge is 2.08. The normalized spacial score (nSPS) is 10.8. The number of nitrogens with zero attached hydrogens (tertiary/aromatic N) is 1. The number of hydrogen-bond donors (Lipinski definition) is 1. The fourth-order valence-corrected chi connectivity index (χ4v) is 2.63. The van der Waals surface area contributed by atoms with Crippen molar-refractivity contribution in [2.45, 2.75) is 13.1 Å². The molecule has 0 spiro atoms. The van der Waals surface area contributed by atoms with Crippen molar-refractivity contribution >= 4 is 21.6 Å². The Hall–Kier alpha value is -1.52. The third-order valence-electron chi connectivity index (χ3n) is 3.09. The van der Waals surface area contributed by atoms with E-state index in [2.05, 4.69) is 40.0 Å². The third-order valence-corrected chi connectivity index (χ3v) is 3.58. The van der Waals surface area contributed by atoms with Gasteiger partial charge in [-0.3, -0.25) is 4.90 Å². The molecule has 0 bridgehead atoms. The Morgan fingerprint density at radius 3 is 2.65 bits per heavy atom. The number of methoxy groups -OCH3 is 1. The molecule has 2 N–H and O–H groups in total. The molecule has 0 saturated carbocycles. The van der Waals surface area contributed by atoms with E-state index in [0.29, 0.717) is 0 Å². The number of halogens is 1. The van der Waals surface area contributed by atoms with Gasteiger partial charge >= 0.3 is 0 Å². The van der Waals surface area contributed by atoms with Crippen LogP contribution in [-0.4, -0.2) is 19.1 Å². The van der Waals surface area contributed by atoms with Gasteiger partial charge in [-0.15, -0.1) is 0 Å². The molecule has 0 unspecified atom stereocenters. The molecule has 0 atom stereocenters. The molecule has 0 aliphatic rings. The van der Waals surface area contributed by atoms with Crippen LogP contribution in [0, 0.1) is 0 Å². The second kappa shape index (κ2) is 6.77. The Morgan fingerprint density at radius 1 is 1.15 bits per heavy atom. The predicted octanol–water partition coefficient (Wildman–Crippen LogP) is 3.67. The number of anilines is 1. The number of nitrogen functional groups attached to an aromatic ring is 1. The van der Waals surface area contributed by atoms with Crippen LogP contribution in [0.2, 0.25) is 0 Å². The summed E-state index contributed by atoms with van der Waals surface area (Å²) in [7, 11) is 3.79. The molecule has 0 aliphatic heterocycles.